The van der Waals surface area contributed by atoms with Crippen LogP contribution < -0.4 is 25.8 Å². The van der Waals surface area contributed by atoms with Crippen LogP contribution in [0.4, 0.5) is 47.4 Å². The van der Waals surface area contributed by atoms with Gasteiger partial charge in [-0.25, -0.2) is 22.5 Å². The number of hydrogen-bond donors (Lipinski definition) is 2. The smallest absolute Gasteiger partial charge is 0.420 e. The van der Waals surface area contributed by atoms with Gasteiger partial charge in [0, 0.05) is 41.7 Å². The minimum absolute atomic E-state index is 0.0505. The second kappa shape index (κ2) is 15.5. The van der Waals surface area contributed by atoms with Crippen LogP contribution in [-0.2, 0) is 6.18 Å². The molecule has 2 aromatic carbocycles. The van der Waals surface area contributed by atoms with Gasteiger partial charge in [-0.3, -0.25) is 4.90 Å². The number of aromatic nitrogens is 3. The molecule has 1 fully saturated rings. The van der Waals surface area contributed by atoms with E-state index in [4.69, 9.17) is 20.9 Å². The minimum Gasteiger partial charge on any atom is -0.490 e. The molecule has 0 amide bonds. The van der Waals surface area contributed by atoms with Gasteiger partial charge in [0.2, 0.25) is 6.43 Å². The fraction of sp³-hybridized carbons (Fsp3) is 0.405. The second-order valence-corrected chi connectivity index (χ2v) is 14.1. The van der Waals surface area contributed by atoms with Crippen molar-refractivity contribution in [1.29, 1.82) is 5.26 Å². The highest BCUT2D eigenvalue weighted by atomic mass is 32.1. The molecule has 5 aromatic rings. The van der Waals surface area contributed by atoms with E-state index in [9.17, 15) is 14.0 Å². The fourth-order valence-electron chi connectivity index (χ4n) is 7.38. The van der Waals surface area contributed by atoms with Crippen molar-refractivity contribution in [2.24, 2.45) is 5.92 Å². The monoisotopic (exact) mass is 790 g/mol. The maximum atomic E-state index is 17.3. The molecule has 4 N–H and O–H groups in total. The van der Waals surface area contributed by atoms with E-state index >= 15 is 22.0 Å². The molecule has 55 heavy (non-hydrogen) atoms. The first-order valence-corrected chi connectivity index (χ1v) is 18.3. The van der Waals surface area contributed by atoms with Gasteiger partial charge in [-0.05, 0) is 44.0 Å². The molecule has 1 saturated heterocycles. The molecule has 7 rings (SSSR count). The van der Waals surface area contributed by atoms with Crippen molar-refractivity contribution in [1.82, 2.24) is 19.9 Å². The number of nitriles is 1. The Bertz CT molecular complexity index is 2280. The summed E-state index contributed by atoms with van der Waals surface area (Å²) in [5, 5.41) is 9.03. The van der Waals surface area contributed by atoms with E-state index < -0.39 is 69.6 Å². The maximum Gasteiger partial charge on any atom is 0.420 e. The van der Waals surface area contributed by atoms with Crippen LogP contribution in [0, 0.1) is 28.9 Å². The first-order valence-electron chi connectivity index (χ1n) is 17.5. The number of thiophene rings is 1. The molecule has 0 bridgehead atoms. The van der Waals surface area contributed by atoms with Crippen molar-refractivity contribution in [2.45, 2.75) is 58.3 Å². The molecule has 10 nitrogen and oxygen atoms in total. The van der Waals surface area contributed by atoms with Gasteiger partial charge in [-0.1, -0.05) is 26.0 Å². The van der Waals surface area contributed by atoms with Crippen molar-refractivity contribution in [3.63, 3.8) is 0 Å². The normalized spacial score (nSPS) is 17.8. The third kappa shape index (κ3) is 7.22. The highest BCUT2D eigenvalue weighted by Crippen LogP contribution is 2.54. The predicted molar refractivity (Wildman–Crippen MR) is 196 cm³/mol. The number of pyridine rings is 1. The lowest BCUT2D eigenvalue weighted by Gasteiger charge is -2.30. The summed E-state index contributed by atoms with van der Waals surface area (Å²) in [5.74, 6) is -3.39. The lowest BCUT2D eigenvalue weighted by atomic mass is 9.91. The Kier molecular flexibility index (Phi) is 11.2. The summed E-state index contributed by atoms with van der Waals surface area (Å²) in [6, 6.07) is 5.55. The number of alkyl halides is 5. The quantitative estimate of drug-likeness (QED) is 0.147. The molecule has 2 aliphatic rings. The minimum atomic E-state index is -5.25. The molecule has 3 atom stereocenters. The molecular weight excluding hydrogens is 754 g/mol. The Hall–Kier alpha value is -5.15. The summed E-state index contributed by atoms with van der Waals surface area (Å²) < 4.78 is 116. The fourth-order valence-corrected chi connectivity index (χ4v) is 8.33. The topological polar surface area (TPSA) is 139 Å². The second-order valence-electron chi connectivity index (χ2n) is 13.0. The Balaban J connectivity index is 0.00000253. The van der Waals surface area contributed by atoms with E-state index in [0.717, 1.165) is 12.1 Å². The average molecular weight is 791 g/mol. The van der Waals surface area contributed by atoms with Gasteiger partial charge in [0.1, 0.15) is 58.6 Å². The van der Waals surface area contributed by atoms with Crippen LogP contribution >= 0.6 is 11.3 Å². The van der Waals surface area contributed by atoms with E-state index in [0.29, 0.717) is 29.9 Å². The molecule has 2 unspecified atom stereocenters. The number of nitrogens with zero attached hydrogens (tertiary/aromatic N) is 6. The third-order valence-electron chi connectivity index (χ3n) is 9.81. The highest BCUT2D eigenvalue weighted by molar-refractivity contribution is 7.23. The van der Waals surface area contributed by atoms with Crippen molar-refractivity contribution in [3.8, 4) is 29.0 Å². The van der Waals surface area contributed by atoms with E-state index in [2.05, 4.69) is 15.0 Å². The molecule has 18 heteroatoms. The van der Waals surface area contributed by atoms with Gasteiger partial charge < -0.3 is 25.8 Å². The van der Waals surface area contributed by atoms with Gasteiger partial charge in [0.15, 0.2) is 5.82 Å². The molecule has 3 aromatic heterocycles. The van der Waals surface area contributed by atoms with E-state index in [1.54, 1.807) is 31.0 Å². The number of benzene rings is 2. The molecule has 0 aliphatic carbocycles. The van der Waals surface area contributed by atoms with E-state index in [1.807, 2.05) is 24.8 Å². The predicted octanol–water partition coefficient (Wildman–Crippen LogP) is 8.58. The van der Waals surface area contributed by atoms with Crippen molar-refractivity contribution >= 4 is 49.0 Å². The maximum absolute atomic E-state index is 17.3. The molecule has 0 spiro atoms. The summed E-state index contributed by atoms with van der Waals surface area (Å²) in [6.45, 7) is 5.64. The zero-order valence-electron chi connectivity index (χ0n) is 30.1. The number of nitrogen functional groups attached to an aromatic ring is 2. The van der Waals surface area contributed by atoms with E-state index in [1.165, 1.54) is 6.20 Å². The van der Waals surface area contributed by atoms with Crippen LogP contribution in [0.2, 0.25) is 0 Å². The van der Waals surface area contributed by atoms with Crippen molar-refractivity contribution in [3.05, 3.63) is 58.8 Å². The van der Waals surface area contributed by atoms with Crippen LogP contribution in [0.15, 0.2) is 30.5 Å². The number of ether oxygens (including phenoxy) is 2. The average Bonchev–Trinajstić information content (AvgIpc) is 3.60. The first kappa shape index (κ1) is 39.5. The number of likely N-dealkylation sites (tertiary alicyclic amines) is 1. The number of likely N-dealkylation sites (N-methyl/N-ethyl adjacent to an activating group) is 1. The van der Waals surface area contributed by atoms with Gasteiger partial charge in [-0.2, -0.15) is 28.4 Å². The van der Waals surface area contributed by atoms with E-state index in [-0.39, 0.29) is 70.4 Å². The van der Waals surface area contributed by atoms with Gasteiger partial charge in [0.05, 0.1) is 28.2 Å². The van der Waals surface area contributed by atoms with Crippen LogP contribution in [0.3, 0.4) is 0 Å². The third-order valence-corrected chi connectivity index (χ3v) is 10.8. The zero-order valence-corrected chi connectivity index (χ0v) is 31.0. The summed E-state index contributed by atoms with van der Waals surface area (Å²) in [4.78, 5) is 16.4. The van der Waals surface area contributed by atoms with Crippen LogP contribution in [0.1, 0.15) is 56.3 Å². The lowest BCUT2D eigenvalue weighted by molar-refractivity contribution is -0.138. The van der Waals surface area contributed by atoms with Crippen molar-refractivity contribution < 1.29 is 40.2 Å². The Morgan fingerprint density at radius 1 is 1.13 bits per heavy atom. The van der Waals surface area contributed by atoms with Gasteiger partial charge in [0.25, 0.3) is 0 Å². The largest absolute Gasteiger partial charge is 0.490 e. The lowest BCUT2D eigenvalue weighted by Crippen LogP contribution is -2.32. The summed E-state index contributed by atoms with van der Waals surface area (Å²) in [7, 11) is 1.75. The Labute approximate surface area is 315 Å². The summed E-state index contributed by atoms with van der Waals surface area (Å²) in [5.41, 5.74) is 8.76. The SMILES string of the molecule is CC.C[C@H](c1cccnc1N)N1CCOc2c(C(F)(F)F)c(-c3ccc(F)c4sc(N)c(C#N)c34)c(F)c3nc(OCC4CC(CC(F)F)CN4C)nc1c23. The number of anilines is 3. The molecule has 0 saturated carbocycles. The standard InChI is InChI=1S/C35H31F7N8O2S.C2H6/c1-15(18-4-3-7-46-31(18)44)50-8-9-51-29-25-28(47-34(48-33(25)50)52-14-17-10-16(11-22(37)38)13-49(17)2)27(39)24(26(29)35(40,41)42)19-5-6-21(36)30-23(19)20(12-43)32(45)53-30;1-2/h3-7,15-17,22H,8-11,13-14,45H2,1-2H3,(H2,44,46);1-2H3/t15-,16?,17?;/m1./s1. The Morgan fingerprint density at radius 2 is 1.87 bits per heavy atom. The highest BCUT2D eigenvalue weighted by Gasteiger charge is 2.44. The molecule has 2 aliphatic heterocycles. The van der Waals surface area contributed by atoms with Crippen LogP contribution in [-0.4, -0.2) is 65.7 Å². The number of rotatable bonds is 8. The van der Waals surface area contributed by atoms with Crippen molar-refractivity contribution in [2.75, 3.05) is 49.7 Å². The van der Waals surface area contributed by atoms with Gasteiger partial charge >= 0.3 is 12.2 Å². The summed E-state index contributed by atoms with van der Waals surface area (Å²) in [6.07, 6.45) is -6.17. The number of fused-ring (bicyclic) bond motifs is 1. The zero-order chi connectivity index (χ0) is 39.9. The van der Waals surface area contributed by atoms with Crippen LogP contribution in [0.25, 0.3) is 32.1 Å². The molecule has 292 valence electrons. The molecule has 0 radical (unpaired) electrons. The van der Waals surface area contributed by atoms with Crippen LogP contribution in [0.5, 0.6) is 11.8 Å². The van der Waals surface area contributed by atoms with Gasteiger partial charge in [-0.15, -0.1) is 11.3 Å². The molecule has 5 heterocycles. The molecular formula is C37H37F7N8O2S. The Morgan fingerprint density at radius 3 is 2.55 bits per heavy atom. The number of halogens is 7. The summed E-state index contributed by atoms with van der Waals surface area (Å²) >= 11 is 0.648. The number of nitrogens with two attached hydrogens (primary N) is 2. The first-order chi connectivity index (χ1) is 26.2. The number of hydrogen-bond acceptors (Lipinski definition) is 11.